The van der Waals surface area contributed by atoms with Gasteiger partial charge in [-0.15, -0.1) is 0 Å². The third kappa shape index (κ3) is 4.02. The molecule has 1 aromatic carbocycles. The highest BCUT2D eigenvalue weighted by atomic mass is 35.5. The first kappa shape index (κ1) is 16.6. The number of amides is 1. The average Bonchev–Trinajstić information content (AvgIpc) is 2.40. The molecule has 0 bridgehead atoms. The number of methoxy groups -OCH3 is 1. The molecule has 0 fully saturated rings. The van der Waals surface area contributed by atoms with E-state index >= 15 is 0 Å². The standard InChI is InChI=1S/C14H21ClN2O3/c1-9(14(18)17(2)3)20-13-10(5-6-16)7-11(15)8-12(13)19-4/h7-9H,5-6,16H2,1-4H3. The first-order valence-electron chi connectivity index (χ1n) is 6.35. The molecule has 0 heterocycles. The summed E-state index contributed by atoms with van der Waals surface area (Å²) in [5.74, 6) is 0.894. The van der Waals surface area contributed by atoms with Gasteiger partial charge in [-0.1, -0.05) is 11.6 Å². The van der Waals surface area contributed by atoms with Gasteiger partial charge < -0.3 is 20.1 Å². The van der Waals surface area contributed by atoms with Crippen molar-refractivity contribution in [1.29, 1.82) is 0 Å². The van der Waals surface area contributed by atoms with Crippen molar-refractivity contribution in [3.05, 3.63) is 22.7 Å². The van der Waals surface area contributed by atoms with E-state index < -0.39 is 6.10 Å². The molecule has 1 unspecified atom stereocenters. The summed E-state index contributed by atoms with van der Waals surface area (Å²) in [6.07, 6.45) is -0.0219. The zero-order valence-electron chi connectivity index (χ0n) is 12.3. The maximum atomic E-state index is 11.9. The van der Waals surface area contributed by atoms with Gasteiger partial charge in [-0.05, 0) is 26.0 Å². The Morgan fingerprint density at radius 3 is 2.60 bits per heavy atom. The lowest BCUT2D eigenvalue weighted by Gasteiger charge is -2.21. The van der Waals surface area contributed by atoms with E-state index in [1.807, 2.05) is 0 Å². The minimum absolute atomic E-state index is 0.124. The lowest BCUT2D eigenvalue weighted by molar-refractivity contribution is -0.135. The predicted molar refractivity (Wildman–Crippen MR) is 79.5 cm³/mol. The molecule has 0 spiro atoms. The molecule has 1 aromatic rings. The van der Waals surface area contributed by atoms with Crippen molar-refractivity contribution in [3.63, 3.8) is 0 Å². The molecule has 1 atom stereocenters. The molecule has 112 valence electrons. The van der Waals surface area contributed by atoms with Gasteiger partial charge >= 0.3 is 0 Å². The summed E-state index contributed by atoms with van der Waals surface area (Å²) < 4.78 is 11.0. The molecular formula is C14H21ClN2O3. The van der Waals surface area contributed by atoms with Gasteiger partial charge in [0.25, 0.3) is 5.91 Å². The molecule has 0 aliphatic carbocycles. The zero-order valence-corrected chi connectivity index (χ0v) is 13.0. The summed E-state index contributed by atoms with van der Waals surface area (Å²) in [6, 6.07) is 3.43. The number of rotatable bonds is 6. The summed E-state index contributed by atoms with van der Waals surface area (Å²) in [4.78, 5) is 13.4. The maximum absolute atomic E-state index is 11.9. The van der Waals surface area contributed by atoms with Crippen LogP contribution < -0.4 is 15.2 Å². The monoisotopic (exact) mass is 300 g/mol. The molecule has 0 saturated heterocycles. The van der Waals surface area contributed by atoms with Gasteiger partial charge in [0.2, 0.25) is 0 Å². The molecule has 1 amide bonds. The fourth-order valence-electron chi connectivity index (χ4n) is 1.84. The van der Waals surface area contributed by atoms with Crippen LogP contribution in [0, 0.1) is 0 Å². The van der Waals surface area contributed by atoms with Gasteiger partial charge in [0.05, 0.1) is 7.11 Å². The Kier molecular flexibility index (Phi) is 6.10. The Balaban J connectivity index is 3.11. The zero-order chi connectivity index (χ0) is 15.3. The molecule has 6 heteroatoms. The number of halogens is 1. The van der Waals surface area contributed by atoms with E-state index in [1.165, 1.54) is 12.0 Å². The van der Waals surface area contributed by atoms with Crippen molar-refractivity contribution in [2.75, 3.05) is 27.7 Å². The van der Waals surface area contributed by atoms with Crippen molar-refractivity contribution in [2.24, 2.45) is 5.73 Å². The first-order valence-corrected chi connectivity index (χ1v) is 6.72. The number of nitrogens with two attached hydrogens (primary N) is 1. The van der Waals surface area contributed by atoms with Crippen LogP contribution in [0.25, 0.3) is 0 Å². The van der Waals surface area contributed by atoms with Crippen LogP contribution in [-0.2, 0) is 11.2 Å². The molecule has 20 heavy (non-hydrogen) atoms. The number of benzene rings is 1. The molecule has 0 saturated carbocycles. The lowest BCUT2D eigenvalue weighted by Crippen LogP contribution is -2.35. The normalized spacial score (nSPS) is 11.9. The highest BCUT2D eigenvalue weighted by Gasteiger charge is 2.21. The van der Waals surface area contributed by atoms with Gasteiger partial charge in [-0.2, -0.15) is 0 Å². The largest absolute Gasteiger partial charge is 0.493 e. The third-order valence-electron chi connectivity index (χ3n) is 2.81. The van der Waals surface area contributed by atoms with Crippen LogP contribution in [0.2, 0.25) is 5.02 Å². The number of ether oxygens (including phenoxy) is 2. The highest BCUT2D eigenvalue weighted by molar-refractivity contribution is 6.30. The van der Waals surface area contributed by atoms with E-state index in [0.29, 0.717) is 29.5 Å². The average molecular weight is 301 g/mol. The van der Waals surface area contributed by atoms with Crippen LogP contribution in [0.15, 0.2) is 12.1 Å². The molecule has 0 radical (unpaired) electrons. The number of carbonyl (C=O) groups excluding carboxylic acids is 1. The SMILES string of the molecule is COc1cc(Cl)cc(CCN)c1OC(C)C(=O)N(C)C. The summed E-state index contributed by atoms with van der Waals surface area (Å²) in [6.45, 7) is 2.15. The Morgan fingerprint density at radius 2 is 2.10 bits per heavy atom. The summed E-state index contributed by atoms with van der Waals surface area (Å²) >= 11 is 6.03. The lowest BCUT2D eigenvalue weighted by atomic mass is 10.1. The second-order valence-corrected chi connectivity index (χ2v) is 5.06. The maximum Gasteiger partial charge on any atom is 0.262 e. The van der Waals surface area contributed by atoms with E-state index in [0.717, 1.165) is 5.56 Å². The van der Waals surface area contributed by atoms with Crippen molar-refractivity contribution in [2.45, 2.75) is 19.4 Å². The smallest absolute Gasteiger partial charge is 0.262 e. The Morgan fingerprint density at radius 1 is 1.45 bits per heavy atom. The minimum atomic E-state index is -0.614. The molecule has 2 N–H and O–H groups in total. The Bertz CT molecular complexity index is 478. The van der Waals surface area contributed by atoms with E-state index in [1.54, 1.807) is 33.2 Å². The van der Waals surface area contributed by atoms with Crippen LogP contribution in [0.4, 0.5) is 0 Å². The van der Waals surface area contributed by atoms with E-state index in [-0.39, 0.29) is 5.91 Å². The van der Waals surface area contributed by atoms with Crippen molar-refractivity contribution in [3.8, 4) is 11.5 Å². The first-order chi connectivity index (χ1) is 9.40. The minimum Gasteiger partial charge on any atom is -0.493 e. The Labute approximate surface area is 124 Å². The van der Waals surface area contributed by atoms with Gasteiger partial charge in [-0.25, -0.2) is 0 Å². The van der Waals surface area contributed by atoms with Crippen LogP contribution in [-0.4, -0.2) is 44.7 Å². The van der Waals surface area contributed by atoms with Crippen LogP contribution >= 0.6 is 11.6 Å². The number of nitrogens with zero attached hydrogens (tertiary/aromatic N) is 1. The second kappa shape index (κ2) is 7.36. The van der Waals surface area contributed by atoms with E-state index in [9.17, 15) is 4.79 Å². The van der Waals surface area contributed by atoms with Crippen molar-refractivity contribution < 1.29 is 14.3 Å². The number of likely N-dealkylation sites (N-methyl/N-ethyl adjacent to an activating group) is 1. The summed E-state index contributed by atoms with van der Waals surface area (Å²) in [5, 5.41) is 0.546. The van der Waals surface area contributed by atoms with Crippen molar-refractivity contribution in [1.82, 2.24) is 4.90 Å². The van der Waals surface area contributed by atoms with Gasteiger partial charge in [0.15, 0.2) is 17.6 Å². The molecular weight excluding hydrogens is 280 g/mol. The molecule has 0 aliphatic rings. The van der Waals surface area contributed by atoms with Crippen LogP contribution in [0.3, 0.4) is 0 Å². The molecule has 1 rings (SSSR count). The Hall–Kier alpha value is -1.46. The van der Waals surface area contributed by atoms with E-state index in [4.69, 9.17) is 26.8 Å². The van der Waals surface area contributed by atoms with Gasteiger partial charge in [-0.3, -0.25) is 4.79 Å². The highest BCUT2D eigenvalue weighted by Crippen LogP contribution is 2.35. The fraction of sp³-hybridized carbons (Fsp3) is 0.500. The topological polar surface area (TPSA) is 64.8 Å². The quantitative estimate of drug-likeness (QED) is 0.868. The van der Waals surface area contributed by atoms with Crippen LogP contribution in [0.5, 0.6) is 11.5 Å². The van der Waals surface area contributed by atoms with E-state index in [2.05, 4.69) is 0 Å². The fourth-order valence-corrected chi connectivity index (χ4v) is 2.07. The third-order valence-corrected chi connectivity index (χ3v) is 3.03. The van der Waals surface area contributed by atoms with Crippen molar-refractivity contribution >= 4 is 17.5 Å². The number of hydrogen-bond donors (Lipinski definition) is 1. The summed E-state index contributed by atoms with van der Waals surface area (Å²) in [7, 11) is 4.90. The summed E-state index contributed by atoms with van der Waals surface area (Å²) in [5.41, 5.74) is 6.42. The van der Waals surface area contributed by atoms with Gasteiger partial charge in [0.1, 0.15) is 0 Å². The predicted octanol–water partition coefficient (Wildman–Crippen LogP) is 1.71. The molecule has 0 aromatic heterocycles. The second-order valence-electron chi connectivity index (χ2n) is 4.63. The van der Waals surface area contributed by atoms with Crippen LogP contribution in [0.1, 0.15) is 12.5 Å². The molecule has 5 nitrogen and oxygen atoms in total. The number of hydrogen-bond acceptors (Lipinski definition) is 4. The van der Waals surface area contributed by atoms with Gasteiger partial charge in [0, 0.05) is 30.7 Å². The number of carbonyl (C=O) groups is 1. The molecule has 0 aliphatic heterocycles.